The zero-order valence-electron chi connectivity index (χ0n) is 12.0. The standard InChI is InChI=1S/C14H24N2O4/c1-2-3-10-4-6-15(7-5-10)14(20)16-9-11(17)8-12(16)13(18)19/h10-12,17H,2-9H2,1H3,(H,18,19)/t11?,12-/m0/s1. The summed E-state index contributed by atoms with van der Waals surface area (Å²) in [6, 6.07) is -1.12. The van der Waals surface area contributed by atoms with Gasteiger partial charge in [0.05, 0.1) is 6.10 Å². The number of β-amino-alcohol motifs (C(OH)–C–C–N with tert-alkyl or cyclic N) is 1. The van der Waals surface area contributed by atoms with Crippen LogP contribution < -0.4 is 0 Å². The molecule has 2 heterocycles. The number of amides is 2. The van der Waals surface area contributed by atoms with E-state index >= 15 is 0 Å². The van der Waals surface area contributed by atoms with E-state index in [9.17, 15) is 14.7 Å². The smallest absolute Gasteiger partial charge is 0.326 e. The number of likely N-dealkylation sites (tertiary alicyclic amines) is 2. The van der Waals surface area contributed by atoms with Crippen molar-refractivity contribution in [2.75, 3.05) is 19.6 Å². The van der Waals surface area contributed by atoms with Gasteiger partial charge in [0.15, 0.2) is 0 Å². The topological polar surface area (TPSA) is 81.1 Å². The monoisotopic (exact) mass is 284 g/mol. The van der Waals surface area contributed by atoms with Crippen molar-refractivity contribution in [2.24, 2.45) is 5.92 Å². The van der Waals surface area contributed by atoms with Gasteiger partial charge in [0.2, 0.25) is 0 Å². The molecule has 6 nitrogen and oxygen atoms in total. The summed E-state index contributed by atoms with van der Waals surface area (Å²) >= 11 is 0. The van der Waals surface area contributed by atoms with Crippen LogP contribution in [0.2, 0.25) is 0 Å². The molecule has 0 aromatic carbocycles. The van der Waals surface area contributed by atoms with Gasteiger partial charge in [0, 0.05) is 26.1 Å². The van der Waals surface area contributed by atoms with Gasteiger partial charge in [-0.05, 0) is 18.8 Å². The Balaban J connectivity index is 1.93. The Kier molecular flexibility index (Phi) is 4.86. The molecule has 0 saturated carbocycles. The molecule has 2 aliphatic heterocycles. The number of aliphatic carboxylic acids is 1. The summed E-state index contributed by atoms with van der Waals surface area (Å²) in [5, 5.41) is 18.7. The lowest BCUT2D eigenvalue weighted by Crippen LogP contribution is -2.50. The highest BCUT2D eigenvalue weighted by molar-refractivity contribution is 5.83. The molecular formula is C14H24N2O4. The number of hydrogen-bond acceptors (Lipinski definition) is 3. The molecule has 0 spiro atoms. The minimum atomic E-state index is -1.03. The average molecular weight is 284 g/mol. The van der Waals surface area contributed by atoms with Gasteiger partial charge in [-0.25, -0.2) is 9.59 Å². The van der Waals surface area contributed by atoms with Crippen molar-refractivity contribution in [1.29, 1.82) is 0 Å². The van der Waals surface area contributed by atoms with Crippen molar-refractivity contribution in [2.45, 2.75) is 51.2 Å². The van der Waals surface area contributed by atoms with Crippen molar-refractivity contribution >= 4 is 12.0 Å². The second-order valence-corrected chi connectivity index (χ2v) is 5.90. The Labute approximate surface area is 119 Å². The molecule has 2 atom stereocenters. The summed E-state index contributed by atoms with van der Waals surface area (Å²) in [5.74, 6) is -0.348. The third-order valence-electron chi connectivity index (χ3n) is 4.39. The molecule has 2 fully saturated rings. The zero-order chi connectivity index (χ0) is 14.7. The molecule has 0 aliphatic carbocycles. The summed E-state index contributed by atoms with van der Waals surface area (Å²) in [6.45, 7) is 3.69. The number of carbonyl (C=O) groups excluding carboxylic acids is 1. The van der Waals surface area contributed by atoms with Crippen LogP contribution in [-0.4, -0.2) is 63.8 Å². The van der Waals surface area contributed by atoms with Crippen LogP contribution in [0.15, 0.2) is 0 Å². The summed E-state index contributed by atoms with van der Waals surface area (Å²) in [7, 11) is 0. The molecule has 0 bridgehead atoms. The van der Waals surface area contributed by atoms with Crippen LogP contribution in [0.4, 0.5) is 4.79 Å². The van der Waals surface area contributed by atoms with Crippen LogP contribution in [0.1, 0.15) is 39.0 Å². The molecule has 2 aliphatic rings. The molecular weight excluding hydrogens is 260 g/mol. The van der Waals surface area contributed by atoms with Crippen LogP contribution in [0.3, 0.4) is 0 Å². The Morgan fingerprint density at radius 3 is 2.45 bits per heavy atom. The highest BCUT2D eigenvalue weighted by atomic mass is 16.4. The Hall–Kier alpha value is -1.30. The van der Waals surface area contributed by atoms with Gasteiger partial charge < -0.3 is 20.0 Å². The third-order valence-corrected chi connectivity index (χ3v) is 4.39. The second-order valence-electron chi connectivity index (χ2n) is 5.90. The Bertz CT molecular complexity index is 366. The predicted molar refractivity (Wildman–Crippen MR) is 73.4 cm³/mol. The van der Waals surface area contributed by atoms with E-state index in [0.717, 1.165) is 19.3 Å². The van der Waals surface area contributed by atoms with E-state index in [-0.39, 0.29) is 19.0 Å². The minimum absolute atomic E-state index is 0.130. The molecule has 2 N–H and O–H groups in total. The van der Waals surface area contributed by atoms with E-state index in [0.29, 0.717) is 19.0 Å². The molecule has 2 rings (SSSR count). The van der Waals surface area contributed by atoms with Crippen LogP contribution >= 0.6 is 0 Å². The highest BCUT2D eigenvalue weighted by Gasteiger charge is 2.41. The van der Waals surface area contributed by atoms with Crippen LogP contribution in [0.25, 0.3) is 0 Å². The van der Waals surface area contributed by atoms with Gasteiger partial charge in [-0.2, -0.15) is 0 Å². The maximum Gasteiger partial charge on any atom is 0.326 e. The molecule has 0 aromatic rings. The average Bonchev–Trinajstić information content (AvgIpc) is 2.81. The van der Waals surface area contributed by atoms with Crippen LogP contribution in [0, 0.1) is 5.92 Å². The lowest BCUT2D eigenvalue weighted by Gasteiger charge is -2.35. The molecule has 0 aromatic heterocycles. The largest absolute Gasteiger partial charge is 0.480 e. The first-order chi connectivity index (χ1) is 9.52. The van der Waals surface area contributed by atoms with E-state index in [1.807, 2.05) is 0 Å². The van der Waals surface area contributed by atoms with Gasteiger partial charge in [-0.3, -0.25) is 0 Å². The van der Waals surface area contributed by atoms with E-state index in [1.165, 1.54) is 11.3 Å². The summed E-state index contributed by atoms with van der Waals surface area (Å²) in [5.41, 5.74) is 0. The lowest BCUT2D eigenvalue weighted by atomic mass is 9.93. The number of carboxylic acid groups (broad SMARTS) is 1. The van der Waals surface area contributed by atoms with Gasteiger partial charge in [-0.1, -0.05) is 19.8 Å². The number of aliphatic hydroxyl groups excluding tert-OH is 1. The number of piperidine rings is 1. The molecule has 2 amide bonds. The predicted octanol–water partition coefficient (Wildman–Crippen LogP) is 1.14. The minimum Gasteiger partial charge on any atom is -0.480 e. The number of nitrogens with zero attached hydrogens (tertiary/aromatic N) is 2. The van der Waals surface area contributed by atoms with Gasteiger partial charge in [-0.15, -0.1) is 0 Å². The Morgan fingerprint density at radius 1 is 1.25 bits per heavy atom. The van der Waals surface area contributed by atoms with Crippen molar-refractivity contribution in [3.63, 3.8) is 0 Å². The number of carboxylic acids is 1. The SMILES string of the molecule is CCCC1CCN(C(=O)N2CC(O)C[C@H]2C(=O)O)CC1. The molecule has 0 radical (unpaired) electrons. The van der Waals surface area contributed by atoms with Gasteiger partial charge in [0.25, 0.3) is 0 Å². The number of carbonyl (C=O) groups is 2. The first-order valence-electron chi connectivity index (χ1n) is 7.49. The zero-order valence-corrected chi connectivity index (χ0v) is 12.0. The van der Waals surface area contributed by atoms with E-state index in [1.54, 1.807) is 4.90 Å². The highest BCUT2D eigenvalue weighted by Crippen LogP contribution is 2.25. The summed E-state index contributed by atoms with van der Waals surface area (Å²) < 4.78 is 0. The van der Waals surface area contributed by atoms with E-state index < -0.39 is 18.1 Å². The molecule has 6 heteroatoms. The number of hydrogen-bond donors (Lipinski definition) is 2. The number of aliphatic hydroxyl groups is 1. The van der Waals surface area contributed by atoms with Crippen LogP contribution in [-0.2, 0) is 4.79 Å². The second kappa shape index (κ2) is 6.43. The molecule has 2 saturated heterocycles. The van der Waals surface area contributed by atoms with Crippen molar-refractivity contribution in [1.82, 2.24) is 9.80 Å². The fourth-order valence-electron chi connectivity index (χ4n) is 3.26. The molecule has 1 unspecified atom stereocenters. The fraction of sp³-hybridized carbons (Fsp3) is 0.857. The first kappa shape index (κ1) is 15.1. The maximum absolute atomic E-state index is 12.4. The lowest BCUT2D eigenvalue weighted by molar-refractivity contribution is -0.141. The first-order valence-corrected chi connectivity index (χ1v) is 7.49. The maximum atomic E-state index is 12.4. The quantitative estimate of drug-likeness (QED) is 0.814. The van der Waals surface area contributed by atoms with E-state index in [4.69, 9.17) is 5.11 Å². The van der Waals surface area contributed by atoms with Crippen molar-refractivity contribution in [3.8, 4) is 0 Å². The van der Waals surface area contributed by atoms with Crippen molar-refractivity contribution in [3.05, 3.63) is 0 Å². The van der Waals surface area contributed by atoms with Gasteiger partial charge in [0.1, 0.15) is 6.04 Å². The normalized spacial score (nSPS) is 27.9. The van der Waals surface area contributed by atoms with Crippen LogP contribution in [0.5, 0.6) is 0 Å². The molecule has 20 heavy (non-hydrogen) atoms. The fourth-order valence-corrected chi connectivity index (χ4v) is 3.26. The Morgan fingerprint density at radius 2 is 1.90 bits per heavy atom. The number of urea groups is 1. The molecule has 114 valence electrons. The number of rotatable bonds is 3. The third kappa shape index (κ3) is 3.23. The van der Waals surface area contributed by atoms with E-state index in [2.05, 4.69) is 6.92 Å². The summed E-state index contributed by atoms with van der Waals surface area (Å²) in [6.07, 6.45) is 3.76. The van der Waals surface area contributed by atoms with Crippen molar-refractivity contribution < 1.29 is 19.8 Å². The van der Waals surface area contributed by atoms with Gasteiger partial charge >= 0.3 is 12.0 Å². The summed E-state index contributed by atoms with van der Waals surface area (Å²) in [4.78, 5) is 26.6.